The van der Waals surface area contributed by atoms with Crippen LogP contribution in [0, 0.1) is 0 Å². The number of carboxylic acids is 1. The predicted octanol–water partition coefficient (Wildman–Crippen LogP) is -0.0388. The minimum absolute atomic E-state index is 0.123. The molecular weight excluding hydrogens is 184 g/mol. The summed E-state index contributed by atoms with van der Waals surface area (Å²) >= 11 is 0. The van der Waals surface area contributed by atoms with Crippen LogP contribution in [0.5, 0.6) is 5.75 Å². The Bertz CT molecular complexity index is 310. The summed E-state index contributed by atoms with van der Waals surface area (Å²) in [4.78, 5) is 10.5. The number of rotatable bonds is 4. The number of aromatic hydroxyl groups is 1. The van der Waals surface area contributed by atoms with Crippen LogP contribution < -0.4 is 11.3 Å². The van der Waals surface area contributed by atoms with Crippen LogP contribution in [0.4, 0.5) is 0 Å². The molecule has 0 spiro atoms. The van der Waals surface area contributed by atoms with Crippen LogP contribution in [0.1, 0.15) is 5.56 Å². The van der Waals surface area contributed by atoms with Crippen LogP contribution >= 0.6 is 0 Å². The Morgan fingerprint density at radius 3 is 2.43 bits per heavy atom. The molecule has 2 radical (unpaired) electrons. The molecule has 0 aromatic heterocycles. The maximum Gasteiger partial charge on any atom is 0.322 e. The SMILES string of the molecule is [N]N[C@@H](Cc1ccc(O)cc1)C(=O)O. The van der Waals surface area contributed by atoms with Crippen molar-refractivity contribution >= 4 is 5.97 Å². The fourth-order valence-corrected chi connectivity index (χ4v) is 1.06. The van der Waals surface area contributed by atoms with Gasteiger partial charge in [-0.1, -0.05) is 12.1 Å². The highest BCUT2D eigenvalue weighted by atomic mass is 16.4. The van der Waals surface area contributed by atoms with Gasteiger partial charge in [-0.25, -0.2) is 5.43 Å². The lowest BCUT2D eigenvalue weighted by Crippen LogP contribution is -2.37. The molecule has 0 aliphatic rings. The van der Waals surface area contributed by atoms with E-state index in [4.69, 9.17) is 16.1 Å². The number of aliphatic carboxylic acids is 1. The van der Waals surface area contributed by atoms with Gasteiger partial charge in [-0.05, 0) is 30.0 Å². The number of nitrogens with zero attached hydrogens (tertiary/aromatic N) is 1. The summed E-state index contributed by atoms with van der Waals surface area (Å²) in [5.74, 6) is 7.53. The van der Waals surface area contributed by atoms with Crippen molar-refractivity contribution in [3.05, 3.63) is 29.8 Å². The van der Waals surface area contributed by atoms with E-state index in [2.05, 4.69) is 0 Å². The van der Waals surface area contributed by atoms with Crippen LogP contribution in [0.25, 0.3) is 0 Å². The van der Waals surface area contributed by atoms with E-state index < -0.39 is 12.0 Å². The Labute approximate surface area is 81.1 Å². The third kappa shape index (κ3) is 2.72. The molecule has 0 aliphatic carbocycles. The van der Waals surface area contributed by atoms with Gasteiger partial charge in [0.15, 0.2) is 0 Å². The zero-order chi connectivity index (χ0) is 10.6. The molecule has 0 amide bonds. The lowest BCUT2D eigenvalue weighted by atomic mass is 10.1. The first-order valence-electron chi connectivity index (χ1n) is 4.04. The molecule has 0 saturated heterocycles. The Hall–Kier alpha value is -1.59. The highest BCUT2D eigenvalue weighted by Crippen LogP contribution is 2.11. The summed E-state index contributed by atoms with van der Waals surface area (Å²) < 4.78 is 0. The highest BCUT2D eigenvalue weighted by Gasteiger charge is 2.16. The van der Waals surface area contributed by atoms with E-state index in [-0.39, 0.29) is 12.2 Å². The lowest BCUT2D eigenvalue weighted by molar-refractivity contribution is -0.139. The van der Waals surface area contributed by atoms with Crippen molar-refractivity contribution in [3.8, 4) is 5.75 Å². The molecule has 1 atom stereocenters. The minimum Gasteiger partial charge on any atom is -0.508 e. The monoisotopic (exact) mass is 194 g/mol. The average molecular weight is 194 g/mol. The van der Waals surface area contributed by atoms with E-state index in [0.29, 0.717) is 0 Å². The summed E-state index contributed by atoms with van der Waals surface area (Å²) in [6.45, 7) is 0. The molecule has 0 fully saturated rings. The molecular formula is C9H10N2O3. The van der Waals surface area contributed by atoms with E-state index >= 15 is 0 Å². The normalized spacial score (nSPS) is 12.4. The van der Waals surface area contributed by atoms with Gasteiger partial charge in [-0.15, -0.1) is 0 Å². The Morgan fingerprint density at radius 2 is 2.00 bits per heavy atom. The van der Waals surface area contributed by atoms with Crippen molar-refractivity contribution in [2.24, 2.45) is 0 Å². The molecule has 0 unspecified atom stereocenters. The van der Waals surface area contributed by atoms with E-state index in [1.165, 1.54) is 12.1 Å². The second-order valence-corrected chi connectivity index (χ2v) is 2.89. The number of nitrogens with one attached hydrogen (secondary N) is 1. The molecule has 0 saturated carbocycles. The largest absolute Gasteiger partial charge is 0.508 e. The number of carboxylic acid groups (broad SMARTS) is 1. The molecule has 1 aromatic carbocycles. The molecule has 0 aliphatic heterocycles. The number of phenolic OH excluding ortho intramolecular Hbond substituents is 1. The van der Waals surface area contributed by atoms with Crippen molar-refractivity contribution in [1.82, 2.24) is 11.3 Å². The van der Waals surface area contributed by atoms with E-state index in [1.54, 1.807) is 17.6 Å². The molecule has 74 valence electrons. The Morgan fingerprint density at radius 1 is 1.43 bits per heavy atom. The number of phenols is 1. The zero-order valence-electron chi connectivity index (χ0n) is 7.34. The van der Waals surface area contributed by atoms with Gasteiger partial charge in [-0.3, -0.25) is 4.79 Å². The molecule has 1 aromatic rings. The van der Waals surface area contributed by atoms with Gasteiger partial charge >= 0.3 is 5.97 Å². The maximum atomic E-state index is 10.5. The van der Waals surface area contributed by atoms with Crippen molar-refractivity contribution in [3.63, 3.8) is 0 Å². The first kappa shape index (κ1) is 10.5. The van der Waals surface area contributed by atoms with Gasteiger partial charge in [0.2, 0.25) is 0 Å². The Balaban J connectivity index is 2.67. The molecule has 0 heterocycles. The van der Waals surface area contributed by atoms with Crippen LogP contribution in [-0.2, 0) is 11.2 Å². The third-order valence-corrected chi connectivity index (χ3v) is 1.83. The van der Waals surface area contributed by atoms with E-state index in [1.807, 2.05) is 0 Å². The van der Waals surface area contributed by atoms with Crippen molar-refractivity contribution in [2.45, 2.75) is 12.5 Å². The van der Waals surface area contributed by atoms with Crippen LogP contribution in [0.15, 0.2) is 24.3 Å². The number of carbonyl (C=O) groups is 1. The average Bonchev–Trinajstić information content (AvgIpc) is 2.16. The molecule has 1 rings (SSSR count). The first-order valence-corrected chi connectivity index (χ1v) is 4.04. The van der Waals surface area contributed by atoms with Gasteiger partial charge in [0.25, 0.3) is 0 Å². The van der Waals surface area contributed by atoms with Gasteiger partial charge in [0.1, 0.15) is 11.8 Å². The fraction of sp³-hybridized carbons (Fsp3) is 0.222. The summed E-state index contributed by atoms with van der Waals surface area (Å²) in [6, 6.07) is 5.10. The summed E-state index contributed by atoms with van der Waals surface area (Å²) in [5.41, 5.74) is 2.42. The first-order chi connectivity index (χ1) is 6.63. The number of benzene rings is 1. The minimum atomic E-state index is -1.12. The quantitative estimate of drug-likeness (QED) is 0.586. The number of hydrogen-bond acceptors (Lipinski definition) is 3. The standard InChI is InChI=1S/C9H10N2O3/c10-11-8(9(13)14)5-6-1-3-7(12)4-2-6/h1-4,8,11-12H,5H2,(H,13,14)/t8-/m0/s1. The van der Waals surface area contributed by atoms with Crippen LogP contribution in [-0.4, -0.2) is 22.2 Å². The molecule has 3 N–H and O–H groups in total. The second-order valence-electron chi connectivity index (χ2n) is 2.89. The maximum absolute atomic E-state index is 10.5. The topological polar surface area (TPSA) is 91.9 Å². The molecule has 14 heavy (non-hydrogen) atoms. The van der Waals surface area contributed by atoms with Gasteiger partial charge in [-0.2, -0.15) is 0 Å². The summed E-state index contributed by atoms with van der Waals surface area (Å²) in [6.07, 6.45) is 0.159. The predicted molar refractivity (Wildman–Crippen MR) is 48.5 cm³/mol. The second kappa shape index (κ2) is 4.59. The van der Waals surface area contributed by atoms with Crippen molar-refractivity contribution in [1.29, 1.82) is 0 Å². The van der Waals surface area contributed by atoms with E-state index in [9.17, 15) is 4.79 Å². The summed E-state index contributed by atoms with van der Waals surface area (Å²) in [5, 5.41) is 17.6. The molecule has 5 heteroatoms. The lowest BCUT2D eigenvalue weighted by Gasteiger charge is -2.08. The van der Waals surface area contributed by atoms with Gasteiger partial charge < -0.3 is 10.2 Å². The zero-order valence-corrected chi connectivity index (χ0v) is 7.34. The third-order valence-electron chi connectivity index (χ3n) is 1.83. The smallest absolute Gasteiger partial charge is 0.322 e. The van der Waals surface area contributed by atoms with E-state index in [0.717, 1.165) is 5.56 Å². The Kier molecular flexibility index (Phi) is 3.44. The van der Waals surface area contributed by atoms with Crippen LogP contribution in [0.3, 0.4) is 0 Å². The molecule has 0 bridgehead atoms. The van der Waals surface area contributed by atoms with Gasteiger partial charge in [0.05, 0.1) is 0 Å². The fourth-order valence-electron chi connectivity index (χ4n) is 1.06. The highest BCUT2D eigenvalue weighted by molar-refractivity contribution is 5.73. The van der Waals surface area contributed by atoms with Crippen molar-refractivity contribution in [2.75, 3.05) is 0 Å². The molecule has 5 nitrogen and oxygen atoms in total. The summed E-state index contributed by atoms with van der Waals surface area (Å²) in [7, 11) is 0. The van der Waals surface area contributed by atoms with Crippen molar-refractivity contribution < 1.29 is 15.0 Å². The van der Waals surface area contributed by atoms with Gasteiger partial charge in [0, 0.05) is 0 Å². The van der Waals surface area contributed by atoms with Crippen LogP contribution in [0.2, 0.25) is 0 Å². The number of hydrogen-bond donors (Lipinski definition) is 3.